The Hall–Kier alpha value is 0.650. The summed E-state index contributed by atoms with van der Waals surface area (Å²) in [5.41, 5.74) is 0. The lowest BCUT2D eigenvalue weighted by Gasteiger charge is -2.16. The third kappa shape index (κ3) is 2.05. The molecule has 0 bridgehead atoms. The molecular formula is C6H12INO. The molecular weight excluding hydrogens is 229 g/mol. The predicted molar refractivity (Wildman–Crippen MR) is 45.6 cm³/mol. The van der Waals surface area contributed by atoms with Crippen LogP contribution in [0.4, 0.5) is 0 Å². The molecule has 1 atom stereocenters. The topological polar surface area (TPSA) is 12.5 Å². The highest BCUT2D eigenvalue weighted by Crippen LogP contribution is 2.15. The second-order valence-electron chi connectivity index (χ2n) is 2.55. The first-order valence-electron chi connectivity index (χ1n) is 3.28. The molecule has 0 radical (unpaired) electrons. The van der Waals surface area contributed by atoms with E-state index in [4.69, 9.17) is 3.07 Å². The summed E-state index contributed by atoms with van der Waals surface area (Å²) in [5.74, 6) is 0. The van der Waals surface area contributed by atoms with E-state index in [9.17, 15) is 0 Å². The molecule has 0 N–H and O–H groups in total. The molecule has 0 amide bonds. The van der Waals surface area contributed by atoms with Crippen LogP contribution in [0.25, 0.3) is 0 Å². The second kappa shape index (κ2) is 3.73. The van der Waals surface area contributed by atoms with Gasteiger partial charge in [0.05, 0.1) is 6.61 Å². The van der Waals surface area contributed by atoms with Gasteiger partial charge in [-0.2, -0.15) is 0 Å². The van der Waals surface area contributed by atoms with E-state index in [-0.39, 0.29) is 0 Å². The van der Waals surface area contributed by atoms with Crippen LogP contribution in [0, 0.1) is 0 Å². The third-order valence-corrected chi connectivity index (χ3v) is 2.29. The van der Waals surface area contributed by atoms with Gasteiger partial charge in [-0.15, -0.1) is 0 Å². The minimum Gasteiger partial charge on any atom is -0.314 e. The van der Waals surface area contributed by atoms with E-state index in [1.807, 2.05) is 23.0 Å². The summed E-state index contributed by atoms with van der Waals surface area (Å²) in [5, 5.41) is 0. The fraction of sp³-hybridized carbons (Fsp3) is 1.00. The van der Waals surface area contributed by atoms with Gasteiger partial charge in [0.25, 0.3) is 0 Å². The number of hydrogen-bond acceptors (Lipinski definition) is 2. The average molecular weight is 241 g/mol. The molecule has 2 nitrogen and oxygen atoms in total. The predicted octanol–water partition coefficient (Wildman–Crippen LogP) is 1.45. The summed E-state index contributed by atoms with van der Waals surface area (Å²) in [6.07, 6.45) is 2.64. The molecule has 0 saturated carbocycles. The lowest BCUT2D eigenvalue weighted by Crippen LogP contribution is -2.28. The smallest absolute Gasteiger partial charge is 0.109 e. The van der Waals surface area contributed by atoms with Crippen molar-refractivity contribution in [3.63, 3.8) is 0 Å². The molecule has 9 heavy (non-hydrogen) atoms. The van der Waals surface area contributed by atoms with Gasteiger partial charge in [-0.3, -0.25) is 0 Å². The van der Waals surface area contributed by atoms with E-state index < -0.39 is 0 Å². The van der Waals surface area contributed by atoms with Gasteiger partial charge < -0.3 is 7.97 Å². The van der Waals surface area contributed by atoms with Gasteiger partial charge in [0.1, 0.15) is 23.0 Å². The molecule has 1 rings (SSSR count). The highest BCUT2D eigenvalue weighted by molar-refractivity contribution is 14.1. The number of likely N-dealkylation sites (tertiary alicyclic amines) is 1. The van der Waals surface area contributed by atoms with Crippen LogP contribution in [0.5, 0.6) is 0 Å². The summed E-state index contributed by atoms with van der Waals surface area (Å²) in [6, 6.07) is 0.682. The maximum Gasteiger partial charge on any atom is 0.109 e. The largest absolute Gasteiger partial charge is 0.314 e. The van der Waals surface area contributed by atoms with Crippen molar-refractivity contribution in [2.75, 3.05) is 20.2 Å². The van der Waals surface area contributed by atoms with Crippen molar-refractivity contribution >= 4 is 23.0 Å². The van der Waals surface area contributed by atoms with Crippen molar-refractivity contribution in [2.45, 2.75) is 18.9 Å². The van der Waals surface area contributed by atoms with Gasteiger partial charge in [0.2, 0.25) is 0 Å². The van der Waals surface area contributed by atoms with Crippen molar-refractivity contribution in [3.05, 3.63) is 0 Å². The quantitative estimate of drug-likeness (QED) is 0.678. The lowest BCUT2D eigenvalue weighted by molar-refractivity contribution is 0.237. The Morgan fingerprint density at radius 2 is 2.56 bits per heavy atom. The van der Waals surface area contributed by atoms with Crippen molar-refractivity contribution < 1.29 is 3.07 Å². The summed E-state index contributed by atoms with van der Waals surface area (Å²) in [6.45, 7) is 2.13. The van der Waals surface area contributed by atoms with Crippen LogP contribution >= 0.6 is 23.0 Å². The summed E-state index contributed by atoms with van der Waals surface area (Å²) in [4.78, 5) is 2.36. The Bertz CT molecular complexity index is 89.1. The van der Waals surface area contributed by atoms with Crippen LogP contribution in [0.1, 0.15) is 12.8 Å². The molecule has 1 aliphatic heterocycles. The fourth-order valence-electron chi connectivity index (χ4n) is 1.26. The van der Waals surface area contributed by atoms with Gasteiger partial charge in [0.15, 0.2) is 0 Å². The van der Waals surface area contributed by atoms with Crippen LogP contribution in [-0.4, -0.2) is 31.1 Å². The van der Waals surface area contributed by atoms with E-state index >= 15 is 0 Å². The minimum absolute atomic E-state index is 0.682. The van der Waals surface area contributed by atoms with Crippen molar-refractivity contribution in [2.24, 2.45) is 0 Å². The van der Waals surface area contributed by atoms with Crippen LogP contribution < -0.4 is 0 Å². The maximum atomic E-state index is 5.02. The molecule has 0 spiro atoms. The molecule has 0 unspecified atom stereocenters. The zero-order chi connectivity index (χ0) is 6.69. The number of hydrogen-bond donors (Lipinski definition) is 0. The Labute approximate surface area is 70.2 Å². The van der Waals surface area contributed by atoms with E-state index in [1.165, 1.54) is 19.4 Å². The van der Waals surface area contributed by atoms with E-state index in [0.29, 0.717) is 6.04 Å². The number of nitrogens with zero attached hydrogens (tertiary/aromatic N) is 1. The van der Waals surface area contributed by atoms with E-state index in [2.05, 4.69) is 11.9 Å². The zero-order valence-electron chi connectivity index (χ0n) is 5.64. The lowest BCUT2D eigenvalue weighted by atomic mass is 10.2. The Morgan fingerprint density at radius 3 is 3.00 bits per heavy atom. The van der Waals surface area contributed by atoms with Crippen LogP contribution in [-0.2, 0) is 3.07 Å². The van der Waals surface area contributed by atoms with Crippen LogP contribution in [0.15, 0.2) is 0 Å². The van der Waals surface area contributed by atoms with Gasteiger partial charge >= 0.3 is 0 Å². The first kappa shape index (κ1) is 7.75. The molecule has 3 heteroatoms. The monoisotopic (exact) mass is 241 g/mol. The average Bonchev–Trinajstić information content (AvgIpc) is 2.18. The number of likely N-dealkylation sites (N-methyl/N-ethyl adjacent to an activating group) is 1. The Morgan fingerprint density at radius 1 is 1.78 bits per heavy atom. The van der Waals surface area contributed by atoms with Gasteiger partial charge in [-0.05, 0) is 26.4 Å². The van der Waals surface area contributed by atoms with Gasteiger partial charge in [-0.1, -0.05) is 0 Å². The van der Waals surface area contributed by atoms with Crippen LogP contribution in [0.2, 0.25) is 0 Å². The van der Waals surface area contributed by atoms with Crippen molar-refractivity contribution in [3.8, 4) is 0 Å². The molecule has 54 valence electrons. The minimum atomic E-state index is 0.682. The van der Waals surface area contributed by atoms with E-state index in [0.717, 1.165) is 6.61 Å². The fourth-order valence-corrected chi connectivity index (χ4v) is 1.68. The molecule has 0 aromatic rings. The van der Waals surface area contributed by atoms with Crippen molar-refractivity contribution in [1.82, 2.24) is 4.90 Å². The molecule has 1 aliphatic rings. The standard InChI is InChI=1S/C6H12INO/c1-8-4-2-3-6(8)5-9-7/h6H,2-5H2,1H3/t6-/m1/s1. The molecule has 0 aliphatic carbocycles. The Balaban J connectivity index is 2.22. The summed E-state index contributed by atoms with van der Waals surface area (Å²) in [7, 11) is 2.16. The highest BCUT2D eigenvalue weighted by atomic mass is 127. The summed E-state index contributed by atoms with van der Waals surface area (Å²) < 4.78 is 5.02. The van der Waals surface area contributed by atoms with E-state index in [1.54, 1.807) is 0 Å². The molecule has 1 heterocycles. The highest BCUT2D eigenvalue weighted by Gasteiger charge is 2.19. The zero-order valence-corrected chi connectivity index (χ0v) is 7.80. The van der Waals surface area contributed by atoms with Gasteiger partial charge in [-0.25, -0.2) is 0 Å². The molecule has 1 saturated heterocycles. The normalized spacial score (nSPS) is 29.3. The van der Waals surface area contributed by atoms with Gasteiger partial charge in [0, 0.05) is 6.04 Å². The van der Waals surface area contributed by atoms with Crippen LogP contribution in [0.3, 0.4) is 0 Å². The molecule has 0 aromatic heterocycles. The SMILES string of the molecule is CN1CCC[C@@H]1COI. The number of halogens is 1. The maximum absolute atomic E-state index is 5.02. The second-order valence-corrected chi connectivity index (χ2v) is 3.18. The first-order valence-corrected chi connectivity index (χ1v) is 4.16. The Kier molecular flexibility index (Phi) is 3.21. The summed E-state index contributed by atoms with van der Waals surface area (Å²) >= 11 is 1.96. The first-order chi connectivity index (χ1) is 4.34. The third-order valence-electron chi connectivity index (χ3n) is 1.93. The number of rotatable bonds is 2. The van der Waals surface area contributed by atoms with Crippen molar-refractivity contribution in [1.29, 1.82) is 0 Å². The molecule has 1 fully saturated rings. The molecule has 0 aromatic carbocycles.